The Balaban J connectivity index is 2.61. The second-order valence-electron chi connectivity index (χ2n) is 3.45. The van der Waals surface area contributed by atoms with Gasteiger partial charge in [-0.1, -0.05) is 11.3 Å². The molecule has 2 aromatic rings. The summed E-state index contributed by atoms with van der Waals surface area (Å²) in [6.07, 6.45) is 1.72. The molecule has 0 saturated carbocycles. The number of benzene rings is 1. The van der Waals surface area contributed by atoms with Crippen molar-refractivity contribution in [3.8, 4) is 17.0 Å². The number of rotatable bonds is 3. The van der Waals surface area contributed by atoms with Crippen LogP contribution in [0.5, 0.6) is 5.75 Å². The Hall–Kier alpha value is -2.44. The van der Waals surface area contributed by atoms with E-state index in [1.807, 2.05) is 0 Å². The number of hydrogen-bond acceptors (Lipinski definition) is 4. The fraction of sp³-hybridized carbons (Fsp3) is 0.200. The highest BCUT2D eigenvalue weighted by molar-refractivity contribution is 5.72. The van der Waals surface area contributed by atoms with Gasteiger partial charge in [0.2, 0.25) is 5.75 Å². The summed E-state index contributed by atoms with van der Waals surface area (Å²) >= 11 is 0. The van der Waals surface area contributed by atoms with Crippen molar-refractivity contribution in [2.75, 3.05) is 7.11 Å². The lowest BCUT2D eigenvalue weighted by Crippen LogP contribution is -2.28. The Morgan fingerprint density at radius 1 is 1.53 bits per heavy atom. The zero-order valence-electron chi connectivity index (χ0n) is 9.38. The molecule has 1 aromatic heterocycles. The lowest BCUT2D eigenvalue weighted by Gasteiger charge is -2.03. The van der Waals surface area contributed by atoms with Crippen LogP contribution < -0.4 is 9.42 Å². The quantitative estimate of drug-likeness (QED) is 0.485. The van der Waals surface area contributed by atoms with Crippen LogP contribution in [0.15, 0.2) is 24.4 Å². The number of aromatic nitrogens is 3. The number of nitro benzene ring substituents is 1. The van der Waals surface area contributed by atoms with E-state index in [1.165, 1.54) is 13.2 Å². The van der Waals surface area contributed by atoms with E-state index in [2.05, 4.69) is 10.3 Å². The van der Waals surface area contributed by atoms with Gasteiger partial charge in [0.1, 0.15) is 7.05 Å². The van der Waals surface area contributed by atoms with Crippen molar-refractivity contribution in [3.05, 3.63) is 34.5 Å². The van der Waals surface area contributed by atoms with Crippen LogP contribution in [0.1, 0.15) is 0 Å². The van der Waals surface area contributed by atoms with Gasteiger partial charge >= 0.3 is 5.69 Å². The van der Waals surface area contributed by atoms with Crippen molar-refractivity contribution >= 4 is 5.69 Å². The highest BCUT2D eigenvalue weighted by Gasteiger charge is 2.23. The topological polar surface area (TPSA) is 84.9 Å². The fourth-order valence-corrected chi connectivity index (χ4v) is 1.59. The van der Waals surface area contributed by atoms with Crippen LogP contribution in [0.2, 0.25) is 0 Å². The van der Waals surface area contributed by atoms with Gasteiger partial charge in [0.05, 0.1) is 17.6 Å². The lowest BCUT2D eigenvalue weighted by atomic mass is 10.1. The maximum atomic E-state index is 10.9. The Kier molecular flexibility index (Phi) is 2.73. The molecular formula is C10H11N4O3+. The fourth-order valence-electron chi connectivity index (χ4n) is 1.59. The molecular weight excluding hydrogens is 224 g/mol. The first-order chi connectivity index (χ1) is 8.13. The number of nitrogens with zero attached hydrogens (tertiary/aromatic N) is 3. The van der Waals surface area contributed by atoms with E-state index in [9.17, 15) is 10.1 Å². The van der Waals surface area contributed by atoms with E-state index in [0.717, 1.165) is 0 Å². The van der Waals surface area contributed by atoms with Crippen molar-refractivity contribution < 1.29 is 14.3 Å². The molecule has 7 heteroatoms. The van der Waals surface area contributed by atoms with E-state index in [0.29, 0.717) is 11.3 Å². The van der Waals surface area contributed by atoms with Gasteiger partial charge in [0, 0.05) is 11.2 Å². The van der Waals surface area contributed by atoms with Gasteiger partial charge in [-0.3, -0.25) is 10.1 Å². The predicted octanol–water partition coefficient (Wildman–Crippen LogP) is 0.818. The summed E-state index contributed by atoms with van der Waals surface area (Å²) in [5, 5.41) is 17.6. The molecule has 7 nitrogen and oxygen atoms in total. The number of H-pyrrole nitrogens is 1. The molecule has 0 atom stereocenters. The Bertz CT molecular complexity index is 564. The Morgan fingerprint density at radius 3 is 2.82 bits per heavy atom. The van der Waals surface area contributed by atoms with E-state index < -0.39 is 4.92 Å². The summed E-state index contributed by atoms with van der Waals surface area (Å²) in [5.74, 6) is 0.213. The Labute approximate surface area is 96.8 Å². The number of hydrogen-bond donors (Lipinski definition) is 1. The molecule has 0 unspecified atom stereocenters. The van der Waals surface area contributed by atoms with Crippen LogP contribution in [-0.2, 0) is 7.05 Å². The van der Waals surface area contributed by atoms with Crippen LogP contribution in [0, 0.1) is 10.1 Å². The smallest absolute Gasteiger partial charge is 0.311 e. The van der Waals surface area contributed by atoms with Crippen LogP contribution in [-0.4, -0.2) is 22.3 Å². The Morgan fingerprint density at radius 2 is 2.29 bits per heavy atom. The molecule has 1 heterocycles. The highest BCUT2D eigenvalue weighted by atomic mass is 16.6. The number of aryl methyl sites for hydroxylation is 1. The first-order valence-corrected chi connectivity index (χ1v) is 4.86. The molecule has 0 bridgehead atoms. The molecule has 88 valence electrons. The van der Waals surface area contributed by atoms with Gasteiger partial charge < -0.3 is 4.74 Å². The normalized spacial score (nSPS) is 10.2. The van der Waals surface area contributed by atoms with E-state index in [-0.39, 0.29) is 11.4 Å². The molecule has 0 aliphatic heterocycles. The number of methoxy groups -OCH3 is 1. The van der Waals surface area contributed by atoms with Gasteiger partial charge in [0.15, 0.2) is 6.20 Å². The molecule has 0 radical (unpaired) electrons. The summed E-state index contributed by atoms with van der Waals surface area (Å²) in [5.41, 5.74) is 1.10. The molecule has 1 aromatic carbocycles. The molecule has 0 spiro atoms. The lowest BCUT2D eigenvalue weighted by molar-refractivity contribution is -0.730. The summed E-state index contributed by atoms with van der Waals surface area (Å²) in [7, 11) is 3.18. The highest BCUT2D eigenvalue weighted by Crippen LogP contribution is 2.35. The summed E-state index contributed by atoms with van der Waals surface area (Å²) in [6, 6.07) is 4.72. The number of nitro groups is 1. The van der Waals surface area contributed by atoms with Crippen molar-refractivity contribution in [1.29, 1.82) is 0 Å². The first kappa shape index (κ1) is 11.1. The van der Waals surface area contributed by atoms with Crippen molar-refractivity contribution in [1.82, 2.24) is 10.3 Å². The number of ether oxygens (including phenoxy) is 1. The van der Waals surface area contributed by atoms with Crippen molar-refractivity contribution in [2.24, 2.45) is 7.05 Å². The molecule has 17 heavy (non-hydrogen) atoms. The van der Waals surface area contributed by atoms with Crippen LogP contribution in [0.3, 0.4) is 0 Å². The molecule has 0 fully saturated rings. The summed E-state index contributed by atoms with van der Waals surface area (Å²) < 4.78 is 6.74. The van der Waals surface area contributed by atoms with Gasteiger partial charge in [0.25, 0.3) is 5.69 Å². The number of nitrogens with one attached hydrogen (secondary N) is 1. The average molecular weight is 235 g/mol. The summed E-state index contributed by atoms with van der Waals surface area (Å²) in [4.78, 5) is 10.4. The van der Waals surface area contributed by atoms with Crippen LogP contribution >= 0.6 is 0 Å². The maximum absolute atomic E-state index is 10.9. The monoisotopic (exact) mass is 235 g/mol. The second-order valence-corrected chi connectivity index (χ2v) is 3.45. The second kappa shape index (κ2) is 4.20. The third-order valence-corrected chi connectivity index (χ3v) is 2.32. The molecule has 2 rings (SSSR count). The number of para-hydroxylation sites is 1. The maximum Gasteiger partial charge on any atom is 0.311 e. The minimum atomic E-state index is -0.477. The standard InChI is InChI=1S/C10H10N4O3/c1-13-6-8(11-12-13)7-4-3-5-9(14(15)16)10(7)17-2/h3-6H,1-2H3/p+1. The summed E-state index contributed by atoms with van der Waals surface area (Å²) in [6.45, 7) is 0. The van der Waals surface area contributed by atoms with E-state index in [4.69, 9.17) is 4.74 Å². The van der Waals surface area contributed by atoms with Gasteiger partial charge in [-0.05, 0) is 6.07 Å². The largest absolute Gasteiger partial charge is 0.490 e. The minimum Gasteiger partial charge on any atom is -0.490 e. The van der Waals surface area contributed by atoms with Crippen LogP contribution in [0.4, 0.5) is 5.69 Å². The first-order valence-electron chi connectivity index (χ1n) is 4.86. The molecule has 1 N–H and O–H groups in total. The van der Waals surface area contributed by atoms with E-state index in [1.54, 1.807) is 30.1 Å². The van der Waals surface area contributed by atoms with Gasteiger partial charge in [-0.2, -0.15) is 4.68 Å². The predicted molar refractivity (Wildman–Crippen MR) is 58.4 cm³/mol. The van der Waals surface area contributed by atoms with Crippen LogP contribution in [0.25, 0.3) is 11.3 Å². The van der Waals surface area contributed by atoms with Crippen molar-refractivity contribution in [3.63, 3.8) is 0 Å². The molecule has 0 aliphatic carbocycles. The van der Waals surface area contributed by atoms with Gasteiger partial charge in [-0.25, -0.2) is 0 Å². The molecule has 0 saturated heterocycles. The SMILES string of the molecule is COc1c(-c2c[n+](C)[nH]n2)cccc1[N+](=O)[O-]. The average Bonchev–Trinajstić information content (AvgIpc) is 2.74. The number of aromatic amines is 1. The zero-order valence-corrected chi connectivity index (χ0v) is 9.38. The zero-order chi connectivity index (χ0) is 12.4. The molecule has 0 aliphatic rings. The van der Waals surface area contributed by atoms with E-state index >= 15 is 0 Å². The third-order valence-electron chi connectivity index (χ3n) is 2.32. The molecule has 0 amide bonds. The van der Waals surface area contributed by atoms with Crippen molar-refractivity contribution in [2.45, 2.75) is 0 Å². The minimum absolute atomic E-state index is 0.0735. The third kappa shape index (κ3) is 1.94. The van der Waals surface area contributed by atoms with Gasteiger partial charge in [-0.15, -0.1) is 0 Å².